The molecule has 0 saturated carbocycles. The van der Waals surface area contributed by atoms with Crippen molar-refractivity contribution < 1.29 is 19.1 Å². The Bertz CT molecular complexity index is 854. The quantitative estimate of drug-likeness (QED) is 0.714. The van der Waals surface area contributed by atoms with E-state index in [1.54, 1.807) is 32.4 Å². The van der Waals surface area contributed by atoms with Crippen LogP contribution in [0.1, 0.15) is 24.0 Å². The Morgan fingerprint density at radius 2 is 1.87 bits per heavy atom. The zero-order valence-corrected chi connectivity index (χ0v) is 17.9. The maximum atomic E-state index is 13.0. The first-order valence-corrected chi connectivity index (χ1v) is 10.3. The number of carbonyl (C=O) groups is 2. The van der Waals surface area contributed by atoms with Crippen LogP contribution in [0.15, 0.2) is 60.1 Å². The average molecular weight is 411 g/mol. The van der Waals surface area contributed by atoms with Crippen LogP contribution in [0.4, 0.5) is 0 Å². The maximum absolute atomic E-state index is 13.0. The number of amides is 1. The SMILES string of the molecule is COC1=CC=CC(C(=O)CN2CCCC2C(=O)NCc2ccc(C)cc2)C=C1OC. The number of benzene rings is 1. The number of aryl methyl sites for hydroxylation is 1. The van der Waals surface area contributed by atoms with Crippen LogP contribution in [0.3, 0.4) is 0 Å². The highest BCUT2D eigenvalue weighted by molar-refractivity contribution is 5.88. The molecule has 1 aliphatic heterocycles. The molecule has 1 aliphatic carbocycles. The van der Waals surface area contributed by atoms with Gasteiger partial charge in [-0.25, -0.2) is 0 Å². The van der Waals surface area contributed by atoms with E-state index >= 15 is 0 Å². The number of hydrogen-bond acceptors (Lipinski definition) is 5. The number of ketones is 1. The number of ether oxygens (including phenoxy) is 2. The lowest BCUT2D eigenvalue weighted by Gasteiger charge is -2.24. The van der Waals surface area contributed by atoms with Crippen LogP contribution in [0, 0.1) is 12.8 Å². The van der Waals surface area contributed by atoms with Gasteiger partial charge in [-0.2, -0.15) is 0 Å². The van der Waals surface area contributed by atoms with Crippen LogP contribution in [0.5, 0.6) is 0 Å². The Kier molecular flexibility index (Phi) is 7.46. The maximum Gasteiger partial charge on any atom is 0.237 e. The highest BCUT2D eigenvalue weighted by Gasteiger charge is 2.33. The highest BCUT2D eigenvalue weighted by atomic mass is 16.5. The summed E-state index contributed by atoms with van der Waals surface area (Å²) in [6.07, 6.45) is 8.85. The second kappa shape index (κ2) is 10.3. The summed E-state index contributed by atoms with van der Waals surface area (Å²) in [5.41, 5.74) is 2.26. The van der Waals surface area contributed by atoms with Gasteiger partial charge >= 0.3 is 0 Å². The van der Waals surface area contributed by atoms with E-state index in [0.717, 1.165) is 24.9 Å². The summed E-state index contributed by atoms with van der Waals surface area (Å²) in [4.78, 5) is 27.7. The normalized spacial score (nSPS) is 21.4. The van der Waals surface area contributed by atoms with Crippen molar-refractivity contribution in [2.24, 2.45) is 5.92 Å². The number of methoxy groups -OCH3 is 2. The molecule has 6 nitrogen and oxygen atoms in total. The molecule has 2 unspecified atom stereocenters. The van der Waals surface area contributed by atoms with Crippen molar-refractivity contribution in [2.75, 3.05) is 27.3 Å². The third-order valence-electron chi connectivity index (χ3n) is 5.56. The van der Waals surface area contributed by atoms with Gasteiger partial charge in [0.15, 0.2) is 17.3 Å². The van der Waals surface area contributed by atoms with Gasteiger partial charge < -0.3 is 14.8 Å². The van der Waals surface area contributed by atoms with E-state index in [1.807, 2.05) is 42.2 Å². The summed E-state index contributed by atoms with van der Waals surface area (Å²) in [5, 5.41) is 3.02. The van der Waals surface area contributed by atoms with Gasteiger partial charge in [0.05, 0.1) is 32.7 Å². The molecule has 0 spiro atoms. The van der Waals surface area contributed by atoms with Gasteiger partial charge in [0.25, 0.3) is 0 Å². The minimum atomic E-state index is -0.416. The summed E-state index contributed by atoms with van der Waals surface area (Å²) < 4.78 is 10.7. The lowest BCUT2D eigenvalue weighted by Crippen LogP contribution is -2.45. The largest absolute Gasteiger partial charge is 0.493 e. The monoisotopic (exact) mass is 410 g/mol. The van der Waals surface area contributed by atoms with Gasteiger partial charge in [0.2, 0.25) is 5.91 Å². The molecule has 0 bridgehead atoms. The standard InChI is InChI=1S/C24H30N2O4/c1-17-9-11-18(12-10-17)15-25-24(28)20-7-5-13-26(20)16-21(27)19-6-4-8-22(29-2)23(14-19)30-3/h4,6,8-12,14,19-20H,5,7,13,15-16H2,1-3H3,(H,25,28). The summed E-state index contributed by atoms with van der Waals surface area (Å²) >= 11 is 0. The fourth-order valence-electron chi connectivity index (χ4n) is 3.81. The number of carbonyl (C=O) groups excluding carboxylic acids is 2. The highest BCUT2D eigenvalue weighted by Crippen LogP contribution is 2.22. The molecular weight excluding hydrogens is 380 g/mol. The van der Waals surface area contributed by atoms with Crippen molar-refractivity contribution >= 4 is 11.7 Å². The predicted molar refractivity (Wildman–Crippen MR) is 115 cm³/mol. The molecule has 2 aliphatic rings. The number of Topliss-reactive ketones (excluding diaryl/α,β-unsaturated/α-hetero) is 1. The van der Waals surface area contributed by atoms with E-state index in [2.05, 4.69) is 5.32 Å². The van der Waals surface area contributed by atoms with Crippen molar-refractivity contribution in [1.29, 1.82) is 0 Å². The summed E-state index contributed by atoms with van der Waals surface area (Å²) in [6.45, 7) is 3.50. The molecule has 160 valence electrons. The van der Waals surface area contributed by atoms with Gasteiger partial charge in [-0.05, 0) is 44.0 Å². The first kappa shape index (κ1) is 21.8. The molecule has 1 amide bonds. The lowest BCUT2D eigenvalue weighted by molar-refractivity contribution is -0.127. The van der Waals surface area contributed by atoms with E-state index in [9.17, 15) is 9.59 Å². The number of hydrogen-bond donors (Lipinski definition) is 1. The van der Waals surface area contributed by atoms with Gasteiger partial charge in [-0.3, -0.25) is 14.5 Å². The Morgan fingerprint density at radius 3 is 2.57 bits per heavy atom. The topological polar surface area (TPSA) is 67.9 Å². The molecule has 6 heteroatoms. The first-order chi connectivity index (χ1) is 14.5. The summed E-state index contributed by atoms with van der Waals surface area (Å²) in [5.74, 6) is 0.715. The van der Waals surface area contributed by atoms with Crippen molar-refractivity contribution in [3.8, 4) is 0 Å². The van der Waals surface area contributed by atoms with Gasteiger partial charge in [-0.1, -0.05) is 42.0 Å². The van der Waals surface area contributed by atoms with Crippen molar-refractivity contribution in [1.82, 2.24) is 10.2 Å². The first-order valence-electron chi connectivity index (χ1n) is 10.3. The number of nitrogens with one attached hydrogen (secondary N) is 1. The molecule has 1 N–H and O–H groups in total. The fraction of sp³-hybridized carbons (Fsp3) is 0.417. The molecule has 1 heterocycles. The number of rotatable bonds is 8. The molecule has 1 fully saturated rings. The van der Waals surface area contributed by atoms with Crippen LogP contribution in [-0.4, -0.2) is 49.9 Å². The van der Waals surface area contributed by atoms with E-state index in [0.29, 0.717) is 18.1 Å². The van der Waals surface area contributed by atoms with E-state index < -0.39 is 5.92 Å². The van der Waals surface area contributed by atoms with Crippen LogP contribution in [0.2, 0.25) is 0 Å². The van der Waals surface area contributed by atoms with Crippen molar-refractivity contribution in [3.63, 3.8) is 0 Å². The predicted octanol–water partition coefficient (Wildman–Crippen LogP) is 2.89. The van der Waals surface area contributed by atoms with E-state index in [4.69, 9.17) is 9.47 Å². The Hall–Kier alpha value is -2.86. The number of likely N-dealkylation sites (tertiary alicyclic amines) is 1. The lowest BCUT2D eigenvalue weighted by atomic mass is 10.0. The second-order valence-electron chi connectivity index (χ2n) is 7.68. The van der Waals surface area contributed by atoms with Crippen LogP contribution >= 0.6 is 0 Å². The Morgan fingerprint density at radius 1 is 1.13 bits per heavy atom. The summed E-state index contributed by atoms with van der Waals surface area (Å²) in [6, 6.07) is 7.84. The van der Waals surface area contributed by atoms with Crippen molar-refractivity contribution in [2.45, 2.75) is 32.4 Å². The number of nitrogens with zero attached hydrogens (tertiary/aromatic N) is 1. The smallest absolute Gasteiger partial charge is 0.237 e. The minimum Gasteiger partial charge on any atom is -0.493 e. The van der Waals surface area contributed by atoms with Crippen LogP contribution in [-0.2, 0) is 25.6 Å². The van der Waals surface area contributed by atoms with Crippen molar-refractivity contribution in [3.05, 3.63) is 71.2 Å². The third-order valence-corrected chi connectivity index (χ3v) is 5.56. The number of allylic oxidation sites excluding steroid dienone is 4. The average Bonchev–Trinajstić information content (AvgIpc) is 3.10. The molecule has 0 aromatic heterocycles. The zero-order valence-electron chi connectivity index (χ0n) is 17.9. The van der Waals surface area contributed by atoms with E-state index in [-0.39, 0.29) is 24.3 Å². The molecular formula is C24H30N2O4. The van der Waals surface area contributed by atoms with Crippen LogP contribution in [0.25, 0.3) is 0 Å². The van der Waals surface area contributed by atoms with Gasteiger partial charge in [-0.15, -0.1) is 0 Å². The third kappa shape index (κ3) is 5.39. The molecule has 1 saturated heterocycles. The second-order valence-corrected chi connectivity index (χ2v) is 7.68. The molecule has 30 heavy (non-hydrogen) atoms. The van der Waals surface area contributed by atoms with Gasteiger partial charge in [0.1, 0.15) is 0 Å². The molecule has 0 radical (unpaired) electrons. The zero-order chi connectivity index (χ0) is 21.5. The molecule has 3 rings (SSSR count). The van der Waals surface area contributed by atoms with Crippen LogP contribution < -0.4 is 5.32 Å². The Balaban J connectivity index is 1.59. The molecule has 1 aromatic rings. The summed E-state index contributed by atoms with van der Waals surface area (Å²) in [7, 11) is 3.12. The Labute approximate surface area is 178 Å². The molecule has 2 atom stereocenters. The minimum absolute atomic E-state index is 0.0197. The molecule has 1 aromatic carbocycles. The fourth-order valence-corrected chi connectivity index (χ4v) is 3.81. The van der Waals surface area contributed by atoms with E-state index in [1.165, 1.54) is 5.56 Å². The van der Waals surface area contributed by atoms with Gasteiger partial charge in [0, 0.05) is 6.54 Å².